The lowest BCUT2D eigenvalue weighted by Crippen LogP contribution is -2.54. The summed E-state index contributed by atoms with van der Waals surface area (Å²) in [6, 6.07) is 6.20. The van der Waals surface area contributed by atoms with Gasteiger partial charge in [-0.1, -0.05) is 0 Å². The van der Waals surface area contributed by atoms with E-state index in [2.05, 4.69) is 6.07 Å². The number of phosphoric ester groups is 1. The minimum Gasteiger partial charge on any atom is -0.485 e. The fourth-order valence-electron chi connectivity index (χ4n) is 3.64. The van der Waals surface area contributed by atoms with Gasteiger partial charge in [0.2, 0.25) is 5.91 Å². The standard InChI is InChI=1S/C18H23N2O7P/c1-18(2)17(27-28(23,24)25-9-8-21)16(20-7-3-4-15(20)22)13-10-12(11-19)5-6-14(13)26-18/h5-6,10,16-17,21H,3-4,7-9H2,1-2H3,(H,23,24)/t16-,17+/m1/s1. The van der Waals surface area contributed by atoms with Crippen LogP contribution in [0, 0.1) is 11.3 Å². The number of phosphoric acid groups is 1. The van der Waals surface area contributed by atoms with Gasteiger partial charge in [0.25, 0.3) is 0 Å². The maximum absolute atomic E-state index is 12.5. The molecule has 28 heavy (non-hydrogen) atoms. The summed E-state index contributed by atoms with van der Waals surface area (Å²) in [6.07, 6.45) is -0.00482. The van der Waals surface area contributed by atoms with Gasteiger partial charge in [0.15, 0.2) is 0 Å². The summed E-state index contributed by atoms with van der Waals surface area (Å²) in [5, 5.41) is 18.1. The third kappa shape index (κ3) is 4.07. The molecule has 0 radical (unpaired) electrons. The monoisotopic (exact) mass is 410 g/mol. The van der Waals surface area contributed by atoms with Gasteiger partial charge in [-0.15, -0.1) is 0 Å². The Balaban J connectivity index is 2.07. The molecule has 1 unspecified atom stereocenters. The van der Waals surface area contributed by atoms with E-state index in [1.165, 1.54) is 0 Å². The molecule has 0 spiro atoms. The van der Waals surface area contributed by atoms with Crippen LogP contribution in [0.1, 0.15) is 43.9 Å². The Morgan fingerprint density at radius 1 is 1.46 bits per heavy atom. The quantitative estimate of drug-likeness (QED) is 0.680. The number of nitrogens with zero attached hydrogens (tertiary/aromatic N) is 2. The first kappa shape index (κ1) is 20.8. The second-order valence-corrected chi connectivity index (χ2v) is 8.66. The third-order valence-electron chi connectivity index (χ3n) is 4.84. The summed E-state index contributed by atoms with van der Waals surface area (Å²) in [7, 11) is -4.53. The fourth-order valence-corrected chi connectivity index (χ4v) is 4.67. The molecule has 152 valence electrons. The van der Waals surface area contributed by atoms with Crippen molar-refractivity contribution < 1.29 is 33.1 Å². The van der Waals surface area contributed by atoms with E-state index >= 15 is 0 Å². The number of fused-ring (bicyclic) bond motifs is 1. The molecule has 1 fully saturated rings. The number of ether oxygens (including phenoxy) is 1. The summed E-state index contributed by atoms with van der Waals surface area (Å²) in [5.41, 5.74) is -0.155. The largest absolute Gasteiger partial charge is 0.485 e. The molecular formula is C18H23N2O7P. The third-order valence-corrected chi connectivity index (χ3v) is 5.84. The molecule has 1 aromatic carbocycles. The summed E-state index contributed by atoms with van der Waals surface area (Å²) in [4.78, 5) is 24.2. The zero-order chi connectivity index (χ0) is 20.5. The Kier molecular flexibility index (Phi) is 5.80. The number of benzene rings is 1. The molecular weight excluding hydrogens is 387 g/mol. The van der Waals surface area contributed by atoms with Crippen LogP contribution < -0.4 is 4.74 Å². The van der Waals surface area contributed by atoms with Gasteiger partial charge in [0.1, 0.15) is 17.5 Å². The number of hydrogen-bond acceptors (Lipinski definition) is 7. The van der Waals surface area contributed by atoms with Gasteiger partial charge >= 0.3 is 7.82 Å². The van der Waals surface area contributed by atoms with Crippen LogP contribution in [-0.4, -0.2) is 52.3 Å². The molecule has 2 heterocycles. The molecule has 9 nitrogen and oxygen atoms in total. The van der Waals surface area contributed by atoms with E-state index in [0.717, 1.165) is 0 Å². The molecule has 2 aliphatic rings. The van der Waals surface area contributed by atoms with Crippen LogP contribution in [0.2, 0.25) is 0 Å². The SMILES string of the molecule is CC1(C)Oc2ccc(C#N)cc2[C@@H](N2CCCC2=O)[C@@H]1OP(=O)(O)OCCO. The highest BCUT2D eigenvalue weighted by Crippen LogP contribution is 2.53. The predicted molar refractivity (Wildman–Crippen MR) is 97.3 cm³/mol. The Morgan fingerprint density at radius 2 is 2.21 bits per heavy atom. The summed E-state index contributed by atoms with van der Waals surface area (Å²) >= 11 is 0. The first-order valence-corrected chi connectivity index (χ1v) is 10.5. The molecule has 3 atom stereocenters. The second-order valence-electron chi connectivity index (χ2n) is 7.26. The predicted octanol–water partition coefficient (Wildman–Crippen LogP) is 1.89. The summed E-state index contributed by atoms with van der Waals surface area (Å²) < 4.78 is 28.6. The molecule has 0 bridgehead atoms. The number of hydrogen-bond donors (Lipinski definition) is 2. The molecule has 2 N–H and O–H groups in total. The molecule has 1 amide bonds. The highest BCUT2D eigenvalue weighted by Gasteiger charge is 2.52. The van der Waals surface area contributed by atoms with Gasteiger partial charge < -0.3 is 19.6 Å². The van der Waals surface area contributed by atoms with Crippen molar-refractivity contribution in [1.29, 1.82) is 5.26 Å². The van der Waals surface area contributed by atoms with Gasteiger partial charge in [-0.2, -0.15) is 5.26 Å². The van der Waals surface area contributed by atoms with E-state index in [0.29, 0.717) is 36.3 Å². The van der Waals surface area contributed by atoms with E-state index in [4.69, 9.17) is 18.9 Å². The Bertz CT molecular complexity index is 851. The van der Waals surface area contributed by atoms with Gasteiger partial charge in [-0.3, -0.25) is 13.8 Å². The fraction of sp³-hybridized carbons (Fsp3) is 0.556. The number of carbonyl (C=O) groups is 1. The van der Waals surface area contributed by atoms with Crippen molar-refractivity contribution in [3.8, 4) is 11.8 Å². The highest BCUT2D eigenvalue weighted by molar-refractivity contribution is 7.47. The Labute approximate surface area is 163 Å². The van der Waals surface area contributed by atoms with Crippen molar-refractivity contribution in [2.45, 2.75) is 44.4 Å². The van der Waals surface area contributed by atoms with Crippen LogP contribution >= 0.6 is 7.82 Å². The highest BCUT2D eigenvalue weighted by atomic mass is 31.2. The number of nitriles is 1. The van der Waals surface area contributed by atoms with Gasteiger partial charge in [-0.05, 0) is 38.5 Å². The molecule has 3 rings (SSSR count). The molecule has 0 aromatic heterocycles. The smallest absolute Gasteiger partial charge is 0.472 e. The van der Waals surface area contributed by atoms with Crippen LogP contribution in [0.4, 0.5) is 0 Å². The van der Waals surface area contributed by atoms with E-state index in [9.17, 15) is 19.5 Å². The molecule has 1 aromatic rings. The number of aliphatic hydroxyl groups excluding tert-OH is 1. The number of amides is 1. The summed E-state index contributed by atoms with van der Waals surface area (Å²) in [5.74, 6) is 0.381. The average Bonchev–Trinajstić information content (AvgIpc) is 3.05. The second kappa shape index (κ2) is 7.82. The number of carbonyl (C=O) groups excluding carboxylic acids is 1. The minimum atomic E-state index is -4.53. The lowest BCUT2D eigenvalue weighted by atomic mass is 9.85. The zero-order valence-electron chi connectivity index (χ0n) is 15.7. The first-order valence-electron chi connectivity index (χ1n) is 8.97. The Hall–Kier alpha value is -1.95. The molecule has 2 aliphatic heterocycles. The minimum absolute atomic E-state index is 0.103. The zero-order valence-corrected chi connectivity index (χ0v) is 16.6. The van der Waals surface area contributed by atoms with Crippen molar-refractivity contribution >= 4 is 13.7 Å². The van der Waals surface area contributed by atoms with Crippen molar-refractivity contribution in [2.24, 2.45) is 0 Å². The van der Waals surface area contributed by atoms with E-state index < -0.39 is 32.2 Å². The topological polar surface area (TPSA) is 129 Å². The van der Waals surface area contributed by atoms with Gasteiger partial charge in [-0.25, -0.2) is 4.57 Å². The molecule has 10 heteroatoms. The van der Waals surface area contributed by atoms with Crippen molar-refractivity contribution in [2.75, 3.05) is 19.8 Å². The van der Waals surface area contributed by atoms with Crippen molar-refractivity contribution in [3.05, 3.63) is 29.3 Å². The molecule has 1 saturated heterocycles. The normalized spacial score (nSPS) is 25.5. The molecule has 0 aliphatic carbocycles. The number of rotatable bonds is 6. The van der Waals surface area contributed by atoms with E-state index in [1.54, 1.807) is 36.9 Å². The van der Waals surface area contributed by atoms with Crippen LogP contribution in [-0.2, 0) is 18.4 Å². The number of likely N-dealkylation sites (tertiary alicyclic amines) is 1. The lowest BCUT2D eigenvalue weighted by Gasteiger charge is -2.47. The summed E-state index contributed by atoms with van der Waals surface area (Å²) in [6.45, 7) is 3.03. The van der Waals surface area contributed by atoms with E-state index in [1.807, 2.05) is 0 Å². The van der Waals surface area contributed by atoms with Crippen LogP contribution in [0.15, 0.2) is 18.2 Å². The van der Waals surface area contributed by atoms with Crippen LogP contribution in [0.5, 0.6) is 5.75 Å². The molecule has 0 saturated carbocycles. The van der Waals surface area contributed by atoms with Crippen LogP contribution in [0.3, 0.4) is 0 Å². The average molecular weight is 410 g/mol. The van der Waals surface area contributed by atoms with Crippen molar-refractivity contribution in [1.82, 2.24) is 4.90 Å². The Morgan fingerprint density at radius 3 is 2.82 bits per heavy atom. The lowest BCUT2D eigenvalue weighted by molar-refractivity contribution is -0.139. The van der Waals surface area contributed by atoms with Crippen LogP contribution in [0.25, 0.3) is 0 Å². The van der Waals surface area contributed by atoms with Crippen molar-refractivity contribution in [3.63, 3.8) is 0 Å². The van der Waals surface area contributed by atoms with Gasteiger partial charge in [0, 0.05) is 18.5 Å². The van der Waals surface area contributed by atoms with Gasteiger partial charge in [0.05, 0.1) is 30.9 Å². The maximum atomic E-state index is 12.5. The maximum Gasteiger partial charge on any atom is 0.472 e. The first-order chi connectivity index (χ1) is 13.2. The van der Waals surface area contributed by atoms with E-state index in [-0.39, 0.29) is 12.5 Å². The number of aliphatic hydroxyl groups is 1.